The Morgan fingerprint density at radius 2 is 2.04 bits per heavy atom. The normalized spacial score (nSPS) is 15.5. The Hall–Kier alpha value is -2.43. The topological polar surface area (TPSA) is 111 Å². The van der Waals surface area contributed by atoms with Gasteiger partial charge in [0.25, 0.3) is 5.91 Å². The van der Waals surface area contributed by atoms with Crippen LogP contribution in [-0.2, 0) is 21.3 Å². The monoisotopic (exact) mass is 395 g/mol. The zero-order valence-electron chi connectivity index (χ0n) is 15.1. The van der Waals surface area contributed by atoms with Crippen LogP contribution >= 0.6 is 0 Å². The Morgan fingerprint density at radius 1 is 1.30 bits per heavy atom. The molecule has 9 nitrogen and oxygen atoms in total. The summed E-state index contributed by atoms with van der Waals surface area (Å²) in [4.78, 5) is 12.4. The molecule has 27 heavy (non-hydrogen) atoms. The number of hydrogen-bond donors (Lipinski definition) is 1. The van der Waals surface area contributed by atoms with Gasteiger partial charge >= 0.3 is 0 Å². The van der Waals surface area contributed by atoms with Gasteiger partial charge in [0.2, 0.25) is 10.0 Å². The van der Waals surface area contributed by atoms with Crippen molar-refractivity contribution in [3.63, 3.8) is 0 Å². The fraction of sp³-hybridized carbons (Fsp3) is 0.412. The average molecular weight is 395 g/mol. The van der Waals surface area contributed by atoms with Crippen molar-refractivity contribution in [1.82, 2.24) is 14.8 Å². The van der Waals surface area contributed by atoms with Crippen molar-refractivity contribution in [2.75, 3.05) is 33.4 Å². The predicted molar refractivity (Wildman–Crippen MR) is 95.0 cm³/mol. The maximum atomic E-state index is 13.0. The summed E-state index contributed by atoms with van der Waals surface area (Å²) in [5.41, 5.74) is 0.790. The molecule has 1 N–H and O–H groups in total. The highest BCUT2D eigenvalue weighted by atomic mass is 32.2. The molecule has 0 aliphatic carbocycles. The highest BCUT2D eigenvalue weighted by molar-refractivity contribution is 7.89. The Kier molecular flexibility index (Phi) is 5.78. The fourth-order valence-corrected chi connectivity index (χ4v) is 4.31. The summed E-state index contributed by atoms with van der Waals surface area (Å²) in [5, 5.41) is 6.50. The molecule has 0 atom stereocenters. The molecule has 0 spiro atoms. The second-order valence-electron chi connectivity index (χ2n) is 5.99. The second-order valence-corrected chi connectivity index (χ2v) is 7.90. The molecule has 0 radical (unpaired) electrons. The number of benzene rings is 1. The number of hydrogen-bond acceptors (Lipinski definition) is 7. The van der Waals surface area contributed by atoms with Crippen LogP contribution in [0.1, 0.15) is 21.8 Å². The number of methoxy groups -OCH3 is 1. The third-order valence-electron chi connectivity index (χ3n) is 4.12. The lowest BCUT2D eigenvalue weighted by Gasteiger charge is -2.26. The largest absolute Gasteiger partial charge is 0.495 e. The van der Waals surface area contributed by atoms with E-state index in [4.69, 9.17) is 14.0 Å². The number of aromatic nitrogens is 1. The van der Waals surface area contributed by atoms with E-state index in [0.717, 1.165) is 0 Å². The van der Waals surface area contributed by atoms with Crippen molar-refractivity contribution in [2.45, 2.75) is 18.4 Å². The number of nitrogens with zero attached hydrogens (tertiary/aromatic N) is 2. The number of rotatable bonds is 6. The molecule has 146 valence electrons. The Bertz CT molecular complexity index is 919. The van der Waals surface area contributed by atoms with Crippen molar-refractivity contribution in [2.24, 2.45) is 0 Å². The summed E-state index contributed by atoms with van der Waals surface area (Å²) >= 11 is 0. The van der Waals surface area contributed by atoms with E-state index < -0.39 is 15.9 Å². The van der Waals surface area contributed by atoms with Gasteiger partial charge in [-0.15, -0.1) is 0 Å². The number of amides is 1. The van der Waals surface area contributed by atoms with Gasteiger partial charge in [-0.05, 0) is 25.1 Å². The number of sulfonamides is 1. The fourth-order valence-electron chi connectivity index (χ4n) is 2.72. The molecule has 1 fully saturated rings. The van der Waals surface area contributed by atoms with Crippen LogP contribution in [0.15, 0.2) is 33.7 Å². The maximum Gasteiger partial charge on any atom is 0.251 e. The van der Waals surface area contributed by atoms with Gasteiger partial charge in [-0.3, -0.25) is 4.79 Å². The van der Waals surface area contributed by atoms with E-state index in [-0.39, 0.29) is 35.8 Å². The molecule has 1 aromatic carbocycles. The van der Waals surface area contributed by atoms with Crippen LogP contribution in [0.2, 0.25) is 0 Å². The van der Waals surface area contributed by atoms with E-state index in [0.29, 0.717) is 24.7 Å². The average Bonchev–Trinajstić information content (AvgIpc) is 3.11. The van der Waals surface area contributed by atoms with Crippen molar-refractivity contribution in [3.05, 3.63) is 41.3 Å². The first kappa shape index (κ1) is 19.3. The highest BCUT2D eigenvalue weighted by Crippen LogP contribution is 2.28. The van der Waals surface area contributed by atoms with E-state index in [1.54, 1.807) is 13.0 Å². The lowest BCUT2D eigenvalue weighted by atomic mass is 10.2. The van der Waals surface area contributed by atoms with Crippen molar-refractivity contribution in [3.8, 4) is 5.75 Å². The first-order chi connectivity index (χ1) is 12.9. The lowest BCUT2D eigenvalue weighted by Crippen LogP contribution is -2.40. The van der Waals surface area contributed by atoms with E-state index in [1.165, 1.54) is 29.6 Å². The molecule has 1 aliphatic rings. The molecular weight excluding hydrogens is 374 g/mol. The summed E-state index contributed by atoms with van der Waals surface area (Å²) in [6, 6.07) is 6.03. The van der Waals surface area contributed by atoms with Crippen molar-refractivity contribution < 1.29 is 27.2 Å². The first-order valence-electron chi connectivity index (χ1n) is 8.38. The molecule has 1 aromatic heterocycles. The molecule has 0 unspecified atom stereocenters. The Morgan fingerprint density at radius 3 is 2.67 bits per heavy atom. The maximum absolute atomic E-state index is 13.0. The Labute approximate surface area is 157 Å². The number of nitrogens with one attached hydrogen (secondary N) is 1. The van der Waals surface area contributed by atoms with Crippen LogP contribution < -0.4 is 10.1 Å². The molecule has 1 amide bonds. The smallest absolute Gasteiger partial charge is 0.251 e. The van der Waals surface area contributed by atoms with Gasteiger partial charge < -0.3 is 19.3 Å². The predicted octanol–water partition coefficient (Wildman–Crippen LogP) is 0.943. The molecule has 0 saturated carbocycles. The summed E-state index contributed by atoms with van der Waals surface area (Å²) in [6.45, 7) is 3.11. The molecule has 1 saturated heterocycles. The van der Waals surface area contributed by atoms with Gasteiger partial charge in [0.15, 0.2) is 0 Å². The van der Waals surface area contributed by atoms with Crippen molar-refractivity contribution in [1.29, 1.82) is 0 Å². The molecule has 2 heterocycles. The SMILES string of the molecule is COc1ccc(C(=O)NCc2cc(C)on2)cc1S(=O)(=O)N1CCOCC1. The summed E-state index contributed by atoms with van der Waals surface area (Å²) in [5.74, 6) is 0.407. The molecule has 2 aromatic rings. The minimum Gasteiger partial charge on any atom is -0.495 e. The minimum atomic E-state index is -3.80. The zero-order chi connectivity index (χ0) is 19.4. The van der Waals surface area contributed by atoms with Crippen LogP contribution in [0, 0.1) is 6.92 Å². The molecule has 1 aliphatic heterocycles. The van der Waals surface area contributed by atoms with E-state index in [9.17, 15) is 13.2 Å². The first-order valence-corrected chi connectivity index (χ1v) is 9.82. The molecular formula is C17H21N3O6S. The molecule has 3 rings (SSSR count). The third-order valence-corrected chi connectivity index (χ3v) is 6.04. The Balaban J connectivity index is 1.83. The standard InChI is InChI=1S/C17H21N3O6S/c1-12-9-14(19-26-12)11-18-17(21)13-3-4-15(24-2)16(10-13)27(22,23)20-5-7-25-8-6-20/h3-4,9-10H,5-8,11H2,1-2H3,(H,18,21). The van der Waals surface area contributed by atoms with Gasteiger partial charge in [0, 0.05) is 24.7 Å². The number of carbonyl (C=O) groups excluding carboxylic acids is 1. The minimum absolute atomic E-state index is 0.0446. The van der Waals surface area contributed by atoms with Crippen LogP contribution in [0.3, 0.4) is 0 Å². The highest BCUT2D eigenvalue weighted by Gasteiger charge is 2.30. The summed E-state index contributed by atoms with van der Waals surface area (Å²) in [7, 11) is -2.41. The molecule has 10 heteroatoms. The van der Waals surface area contributed by atoms with Crippen LogP contribution in [0.4, 0.5) is 0 Å². The summed E-state index contributed by atoms with van der Waals surface area (Å²) in [6.07, 6.45) is 0. The quantitative estimate of drug-likeness (QED) is 0.775. The zero-order valence-corrected chi connectivity index (χ0v) is 15.9. The van der Waals surface area contributed by atoms with Gasteiger partial charge in [-0.2, -0.15) is 4.31 Å². The van der Waals surface area contributed by atoms with Gasteiger partial charge in [-0.25, -0.2) is 8.42 Å². The van der Waals surface area contributed by atoms with Gasteiger partial charge in [-0.1, -0.05) is 5.16 Å². The van der Waals surface area contributed by atoms with Crippen LogP contribution in [0.25, 0.3) is 0 Å². The number of aryl methyl sites for hydroxylation is 1. The van der Waals surface area contributed by atoms with E-state index in [1.807, 2.05) is 0 Å². The number of carbonyl (C=O) groups is 1. The van der Waals surface area contributed by atoms with Gasteiger partial charge in [0.05, 0.1) is 26.9 Å². The van der Waals surface area contributed by atoms with Crippen molar-refractivity contribution >= 4 is 15.9 Å². The van der Waals surface area contributed by atoms with E-state index >= 15 is 0 Å². The third kappa shape index (κ3) is 4.29. The van der Waals surface area contributed by atoms with E-state index in [2.05, 4.69) is 10.5 Å². The lowest BCUT2D eigenvalue weighted by molar-refractivity contribution is 0.0729. The number of ether oxygens (including phenoxy) is 2. The number of morpholine rings is 1. The second kappa shape index (κ2) is 8.07. The van der Waals surface area contributed by atoms with Gasteiger partial charge in [0.1, 0.15) is 22.1 Å². The van der Waals surface area contributed by atoms with Crippen LogP contribution in [0.5, 0.6) is 5.75 Å². The van der Waals surface area contributed by atoms with Crippen LogP contribution in [-0.4, -0.2) is 57.2 Å². The molecule has 0 bridgehead atoms. The summed E-state index contributed by atoms with van der Waals surface area (Å²) < 4.78 is 42.6.